The van der Waals surface area contributed by atoms with E-state index in [1.807, 2.05) is 0 Å². The first-order chi connectivity index (χ1) is 19.5. The highest BCUT2D eigenvalue weighted by Gasteiger charge is 2.23. The fraction of sp³-hybridized carbons (Fsp3) is 0.214. The number of hydrogen-bond acceptors (Lipinski definition) is 7. The average molecular weight is 557 g/mol. The van der Waals surface area contributed by atoms with Crippen LogP contribution >= 0.6 is 11.3 Å². The number of rotatable bonds is 5. The van der Waals surface area contributed by atoms with Crippen molar-refractivity contribution in [3.63, 3.8) is 0 Å². The Morgan fingerprint density at radius 2 is 1.82 bits per heavy atom. The van der Waals surface area contributed by atoms with Gasteiger partial charge in [0.2, 0.25) is 5.91 Å². The number of H-pyrrole nitrogens is 2. The van der Waals surface area contributed by atoms with Gasteiger partial charge in [0.05, 0.1) is 40.7 Å². The van der Waals surface area contributed by atoms with Crippen LogP contribution in [0.25, 0.3) is 55.2 Å². The number of hydrogen-bond donors (Lipinski definition) is 3. The first kappa shape index (κ1) is 24.5. The second kappa shape index (κ2) is 9.87. The quantitative estimate of drug-likeness (QED) is 0.223. The van der Waals surface area contributed by atoms with Gasteiger partial charge in [-0.1, -0.05) is 19.3 Å². The van der Waals surface area contributed by atoms with Crippen LogP contribution < -0.4 is 5.32 Å². The summed E-state index contributed by atoms with van der Waals surface area (Å²) in [4.78, 5) is 34.1. The number of carbonyl (C=O) groups is 1. The molecule has 3 N–H and O–H groups in total. The highest BCUT2D eigenvalue weighted by atomic mass is 32.1. The van der Waals surface area contributed by atoms with E-state index in [-0.39, 0.29) is 33.7 Å². The van der Waals surface area contributed by atoms with E-state index in [1.165, 1.54) is 18.5 Å². The molecule has 1 fully saturated rings. The summed E-state index contributed by atoms with van der Waals surface area (Å²) in [5.41, 5.74) is 3.49. The number of halogens is 2. The van der Waals surface area contributed by atoms with Crippen molar-refractivity contribution in [2.75, 3.05) is 5.32 Å². The van der Waals surface area contributed by atoms with Crippen LogP contribution in [-0.4, -0.2) is 41.0 Å². The number of anilines is 1. The van der Waals surface area contributed by atoms with Crippen molar-refractivity contribution in [1.29, 1.82) is 0 Å². The lowest BCUT2D eigenvalue weighted by Crippen LogP contribution is -2.24. The molecule has 0 aromatic carbocycles. The van der Waals surface area contributed by atoms with Gasteiger partial charge in [-0.05, 0) is 31.0 Å². The van der Waals surface area contributed by atoms with Gasteiger partial charge in [-0.15, -0.1) is 11.3 Å². The van der Waals surface area contributed by atoms with Gasteiger partial charge >= 0.3 is 0 Å². The first-order valence-electron chi connectivity index (χ1n) is 12.9. The van der Waals surface area contributed by atoms with E-state index in [4.69, 9.17) is 0 Å². The molecule has 1 amide bonds. The van der Waals surface area contributed by atoms with Crippen LogP contribution in [0.15, 0.2) is 49.2 Å². The number of imidazole rings is 1. The van der Waals surface area contributed by atoms with E-state index in [2.05, 4.69) is 40.4 Å². The molecule has 9 nitrogen and oxygen atoms in total. The zero-order chi connectivity index (χ0) is 27.2. The summed E-state index contributed by atoms with van der Waals surface area (Å²) in [7, 11) is 0. The van der Waals surface area contributed by atoms with Crippen LogP contribution in [0.3, 0.4) is 0 Å². The second-order valence-electron chi connectivity index (χ2n) is 9.84. The highest BCUT2D eigenvalue weighted by molar-refractivity contribution is 7.14. The molecule has 0 bridgehead atoms. The maximum atomic E-state index is 16.1. The van der Waals surface area contributed by atoms with Gasteiger partial charge in [-0.3, -0.25) is 24.8 Å². The van der Waals surface area contributed by atoms with Gasteiger partial charge in [-0.25, -0.2) is 9.37 Å². The van der Waals surface area contributed by atoms with Gasteiger partial charge in [0.1, 0.15) is 16.9 Å². The first-order valence-corrected chi connectivity index (χ1v) is 13.8. The number of fused-ring (bicyclic) bond motifs is 2. The monoisotopic (exact) mass is 556 g/mol. The summed E-state index contributed by atoms with van der Waals surface area (Å²) < 4.78 is 29.8. The van der Waals surface area contributed by atoms with Crippen molar-refractivity contribution in [3.8, 4) is 33.2 Å². The Balaban J connectivity index is 1.26. The third-order valence-electron chi connectivity index (χ3n) is 7.26. The molecule has 200 valence electrons. The third-order valence-corrected chi connectivity index (χ3v) is 8.16. The van der Waals surface area contributed by atoms with Gasteiger partial charge in [0.25, 0.3) is 0 Å². The van der Waals surface area contributed by atoms with Crippen molar-refractivity contribution >= 4 is 44.9 Å². The molecule has 0 spiro atoms. The SMILES string of the molecule is O=C(Nc1cncc(-c2ncc3[nH]nc(-c4nc5c(-c6ccc(F)s6)cncc5[nH]4)c3c2F)c1)C1CCCCC1. The predicted molar refractivity (Wildman–Crippen MR) is 148 cm³/mol. The van der Waals surface area contributed by atoms with Crippen LogP contribution in [0.4, 0.5) is 14.5 Å². The number of aromatic amines is 2. The van der Waals surface area contributed by atoms with Crippen molar-refractivity contribution in [1.82, 2.24) is 35.1 Å². The molecule has 6 heterocycles. The summed E-state index contributed by atoms with van der Waals surface area (Å²) in [6.07, 6.45) is 12.8. The fourth-order valence-corrected chi connectivity index (χ4v) is 6.02. The molecule has 0 aliphatic heterocycles. The van der Waals surface area contributed by atoms with Gasteiger partial charge in [-0.2, -0.15) is 9.49 Å². The van der Waals surface area contributed by atoms with Crippen LogP contribution in [0, 0.1) is 16.9 Å². The standard InChI is InChI=1S/C28H22F2N8OS/c29-21-7-6-20(40-21)17-11-32-12-19-25(17)36-27(35-19)26-22-18(37-38-26)13-33-24(23(22)30)15-8-16(10-31-9-15)34-28(39)14-4-2-1-3-5-14/h6-14H,1-5H2,(H,34,39)(H,35,36)(H,37,38). The van der Waals surface area contributed by atoms with Crippen molar-refractivity contribution in [2.24, 2.45) is 5.92 Å². The molecule has 7 rings (SSSR count). The number of carbonyl (C=O) groups excluding carboxylic acids is 1. The normalized spacial score (nSPS) is 14.2. The van der Waals surface area contributed by atoms with Gasteiger partial charge in [0.15, 0.2) is 16.8 Å². The van der Waals surface area contributed by atoms with E-state index in [0.717, 1.165) is 43.4 Å². The minimum absolute atomic E-state index is 0.0181. The Bertz CT molecular complexity index is 1890. The van der Waals surface area contributed by atoms with E-state index in [9.17, 15) is 9.18 Å². The lowest BCUT2D eigenvalue weighted by molar-refractivity contribution is -0.120. The minimum Gasteiger partial charge on any atom is -0.335 e. The summed E-state index contributed by atoms with van der Waals surface area (Å²) in [5.74, 6) is -0.327. The third kappa shape index (κ3) is 4.30. The molecule has 12 heteroatoms. The molecule has 6 aromatic heterocycles. The summed E-state index contributed by atoms with van der Waals surface area (Å²) in [5, 5.41) is 9.98. The summed E-state index contributed by atoms with van der Waals surface area (Å²) in [6.45, 7) is 0. The van der Waals surface area contributed by atoms with Crippen molar-refractivity contribution < 1.29 is 13.6 Å². The van der Waals surface area contributed by atoms with Crippen LogP contribution in [-0.2, 0) is 4.79 Å². The summed E-state index contributed by atoms with van der Waals surface area (Å²) in [6, 6.07) is 4.74. The number of aromatic nitrogens is 7. The lowest BCUT2D eigenvalue weighted by Gasteiger charge is -2.20. The number of amides is 1. The molecule has 0 radical (unpaired) electrons. The van der Waals surface area contributed by atoms with Gasteiger partial charge < -0.3 is 10.3 Å². The highest BCUT2D eigenvalue weighted by Crippen LogP contribution is 2.36. The van der Waals surface area contributed by atoms with E-state index in [0.29, 0.717) is 44.1 Å². The largest absolute Gasteiger partial charge is 0.335 e. The van der Waals surface area contributed by atoms with Crippen molar-refractivity contribution in [2.45, 2.75) is 32.1 Å². The Hall–Kier alpha value is -4.58. The average Bonchev–Trinajstić information content (AvgIpc) is 3.72. The van der Waals surface area contributed by atoms with Gasteiger partial charge in [0, 0.05) is 34.3 Å². The lowest BCUT2D eigenvalue weighted by atomic mass is 9.88. The smallest absolute Gasteiger partial charge is 0.227 e. The van der Waals surface area contributed by atoms with Crippen LogP contribution in [0.5, 0.6) is 0 Å². The molecule has 1 aliphatic carbocycles. The molecule has 1 saturated carbocycles. The second-order valence-corrected chi connectivity index (χ2v) is 10.9. The maximum Gasteiger partial charge on any atom is 0.227 e. The Morgan fingerprint density at radius 1 is 0.975 bits per heavy atom. The molecule has 1 aliphatic rings. The number of thiophene rings is 1. The fourth-order valence-electron chi connectivity index (χ4n) is 5.28. The Kier molecular flexibility index (Phi) is 6.03. The Labute approximate surface area is 230 Å². The van der Waals surface area contributed by atoms with Crippen LogP contribution in [0.1, 0.15) is 32.1 Å². The minimum atomic E-state index is -0.599. The predicted octanol–water partition coefficient (Wildman–Crippen LogP) is 6.48. The van der Waals surface area contributed by atoms with E-state index < -0.39 is 5.82 Å². The number of nitrogens with one attached hydrogen (secondary N) is 3. The number of nitrogens with zero attached hydrogens (tertiary/aromatic N) is 5. The zero-order valence-corrected chi connectivity index (χ0v) is 21.9. The van der Waals surface area contributed by atoms with Crippen molar-refractivity contribution in [3.05, 3.63) is 60.1 Å². The zero-order valence-electron chi connectivity index (χ0n) is 21.0. The topological polar surface area (TPSA) is 125 Å². The molecular formula is C28H22F2N8OS. The summed E-state index contributed by atoms with van der Waals surface area (Å²) >= 11 is 0.997. The molecular weight excluding hydrogens is 534 g/mol. The molecule has 0 atom stereocenters. The molecule has 40 heavy (non-hydrogen) atoms. The van der Waals surface area contributed by atoms with E-state index in [1.54, 1.807) is 30.7 Å². The Morgan fingerprint density at radius 3 is 2.65 bits per heavy atom. The number of pyridine rings is 3. The molecule has 6 aromatic rings. The maximum absolute atomic E-state index is 16.1. The molecule has 0 saturated heterocycles. The van der Waals surface area contributed by atoms with E-state index >= 15 is 4.39 Å². The molecule has 0 unspecified atom stereocenters. The van der Waals surface area contributed by atoms with Crippen LogP contribution in [0.2, 0.25) is 0 Å².